The molecule has 3 heterocycles. The van der Waals surface area contributed by atoms with Gasteiger partial charge in [-0.3, -0.25) is 9.69 Å². The summed E-state index contributed by atoms with van der Waals surface area (Å²) in [7, 11) is 0. The van der Waals surface area contributed by atoms with Crippen LogP contribution in [0.25, 0.3) is 17.0 Å². The zero-order valence-corrected chi connectivity index (χ0v) is 18.9. The fraction of sp³-hybridized carbons (Fsp3) is 0.522. The highest BCUT2D eigenvalue weighted by atomic mass is 32.2. The van der Waals surface area contributed by atoms with E-state index in [2.05, 4.69) is 65.4 Å². The molecule has 0 radical (unpaired) electrons. The number of aromatic nitrogens is 3. The van der Waals surface area contributed by atoms with Gasteiger partial charge in [-0.15, -0.1) is 0 Å². The molecular formula is C23H31N5OS. The molecule has 1 aromatic heterocycles. The molecular weight excluding hydrogens is 394 g/mol. The third kappa shape index (κ3) is 4.78. The number of nitrogens with zero attached hydrogens (tertiary/aromatic N) is 5. The Kier molecular flexibility index (Phi) is 6.58. The first-order chi connectivity index (χ1) is 14.5. The molecule has 2 aromatic rings. The van der Waals surface area contributed by atoms with Gasteiger partial charge in [0.2, 0.25) is 5.91 Å². The molecule has 7 heteroatoms. The molecule has 1 aromatic carbocycles. The van der Waals surface area contributed by atoms with Crippen LogP contribution in [0.2, 0.25) is 0 Å². The van der Waals surface area contributed by atoms with Crippen molar-refractivity contribution < 1.29 is 4.79 Å². The van der Waals surface area contributed by atoms with Gasteiger partial charge in [0.1, 0.15) is 6.33 Å². The highest BCUT2D eigenvalue weighted by molar-refractivity contribution is 7.99. The molecule has 1 saturated heterocycles. The Bertz CT molecular complexity index is 905. The van der Waals surface area contributed by atoms with Gasteiger partial charge in [0.05, 0.1) is 6.54 Å². The van der Waals surface area contributed by atoms with Crippen LogP contribution in [-0.2, 0) is 4.79 Å². The maximum absolute atomic E-state index is 12.7. The molecule has 30 heavy (non-hydrogen) atoms. The second-order valence-electron chi connectivity index (χ2n) is 8.42. The van der Waals surface area contributed by atoms with Crippen LogP contribution in [0.1, 0.15) is 38.3 Å². The number of likely N-dealkylation sites (tertiary alicyclic amines) is 1. The van der Waals surface area contributed by atoms with Crippen molar-refractivity contribution in [3.05, 3.63) is 42.2 Å². The van der Waals surface area contributed by atoms with Gasteiger partial charge >= 0.3 is 0 Å². The highest BCUT2D eigenvalue weighted by Gasteiger charge is 2.26. The van der Waals surface area contributed by atoms with Gasteiger partial charge in [-0.1, -0.05) is 30.3 Å². The number of carbonyl (C=O) groups is 1. The van der Waals surface area contributed by atoms with Crippen LogP contribution < -0.4 is 0 Å². The van der Waals surface area contributed by atoms with Gasteiger partial charge in [-0.25, -0.2) is 9.67 Å². The summed E-state index contributed by atoms with van der Waals surface area (Å²) in [5.41, 5.74) is 3.56. The van der Waals surface area contributed by atoms with Crippen molar-refractivity contribution in [1.29, 1.82) is 0 Å². The smallest absolute Gasteiger partial charge is 0.237 e. The van der Waals surface area contributed by atoms with Crippen LogP contribution >= 0.6 is 11.8 Å². The first-order valence-corrected chi connectivity index (χ1v) is 12.1. The number of thioether (sulfide) groups is 1. The normalized spacial score (nSPS) is 20.1. The molecule has 0 N–H and O–H groups in total. The van der Waals surface area contributed by atoms with Crippen LogP contribution in [0.15, 0.2) is 36.7 Å². The van der Waals surface area contributed by atoms with E-state index < -0.39 is 0 Å². The monoisotopic (exact) mass is 425 g/mol. The zero-order chi connectivity index (χ0) is 21.1. The van der Waals surface area contributed by atoms with E-state index in [0.29, 0.717) is 24.4 Å². The van der Waals surface area contributed by atoms with E-state index in [4.69, 9.17) is 0 Å². The van der Waals surface area contributed by atoms with E-state index in [1.807, 2.05) is 21.3 Å². The summed E-state index contributed by atoms with van der Waals surface area (Å²) in [6.45, 7) is 8.34. The summed E-state index contributed by atoms with van der Waals surface area (Å²) in [4.78, 5) is 21.4. The number of hydrogen-bond donors (Lipinski definition) is 0. The zero-order valence-electron chi connectivity index (χ0n) is 18.1. The summed E-state index contributed by atoms with van der Waals surface area (Å²) >= 11 is 1.91. The Hall–Kier alpha value is -2.12. The Labute approximate surface area is 183 Å². The first-order valence-electron chi connectivity index (χ1n) is 10.8. The summed E-state index contributed by atoms with van der Waals surface area (Å²) in [6.07, 6.45) is 8.25. The van der Waals surface area contributed by atoms with Crippen molar-refractivity contribution in [1.82, 2.24) is 24.6 Å². The van der Waals surface area contributed by atoms with Gasteiger partial charge in [0.25, 0.3) is 0 Å². The molecule has 1 fully saturated rings. The fourth-order valence-corrected chi connectivity index (χ4v) is 4.77. The average Bonchev–Trinajstić information content (AvgIpc) is 3.44. The predicted octanol–water partition coefficient (Wildman–Crippen LogP) is 3.58. The Balaban J connectivity index is 1.34. The Morgan fingerprint density at radius 1 is 1.20 bits per heavy atom. The van der Waals surface area contributed by atoms with Crippen molar-refractivity contribution >= 4 is 23.2 Å². The lowest BCUT2D eigenvalue weighted by Crippen LogP contribution is -2.41. The van der Waals surface area contributed by atoms with Crippen LogP contribution in [0.3, 0.4) is 0 Å². The van der Waals surface area contributed by atoms with Crippen molar-refractivity contribution in [3.63, 3.8) is 0 Å². The molecule has 1 amide bonds. The number of hydrogen-bond acceptors (Lipinski definition) is 5. The summed E-state index contributed by atoms with van der Waals surface area (Å²) in [5.74, 6) is 1.02. The van der Waals surface area contributed by atoms with Crippen molar-refractivity contribution in [2.24, 2.45) is 0 Å². The largest absolute Gasteiger partial charge is 0.338 e. The molecule has 6 nitrogen and oxygen atoms in total. The highest BCUT2D eigenvalue weighted by Crippen LogP contribution is 2.26. The minimum Gasteiger partial charge on any atom is -0.338 e. The van der Waals surface area contributed by atoms with Crippen LogP contribution in [0, 0.1) is 0 Å². The third-order valence-corrected chi connectivity index (χ3v) is 7.09. The van der Waals surface area contributed by atoms with Crippen LogP contribution in [-0.4, -0.2) is 74.7 Å². The van der Waals surface area contributed by atoms with Gasteiger partial charge in [-0.2, -0.15) is 16.9 Å². The van der Waals surface area contributed by atoms with E-state index in [1.54, 1.807) is 6.33 Å². The third-order valence-electron chi connectivity index (χ3n) is 6.03. The van der Waals surface area contributed by atoms with Gasteiger partial charge < -0.3 is 4.90 Å². The maximum Gasteiger partial charge on any atom is 0.237 e. The second-order valence-corrected chi connectivity index (χ2v) is 9.56. The minimum atomic E-state index is 0.259. The lowest BCUT2D eigenvalue weighted by atomic mass is 9.98. The first kappa shape index (κ1) is 21.1. The van der Waals surface area contributed by atoms with Crippen molar-refractivity contribution in [2.75, 3.05) is 39.0 Å². The van der Waals surface area contributed by atoms with Gasteiger partial charge in [0, 0.05) is 36.5 Å². The topological polar surface area (TPSA) is 54.3 Å². The lowest BCUT2D eigenvalue weighted by molar-refractivity contribution is -0.131. The summed E-state index contributed by atoms with van der Waals surface area (Å²) in [5, 5.41) is 5.23. The summed E-state index contributed by atoms with van der Waals surface area (Å²) in [6, 6.07) is 8.76. The fourth-order valence-electron chi connectivity index (χ4n) is 4.07. The quantitative estimate of drug-likeness (QED) is 0.708. The number of carbonyl (C=O) groups excluding carboxylic acids is 1. The standard InChI is InChI=1S/C23H31N5OS/c1-17(2)28-16-24-23(25-28)20-6-4-18(5-7-20)19-8-12-27(13-9-19)22(29)15-26-11-10-21(14-26)30-3/h4-8,16-17,21H,9-15H2,1-3H3. The second kappa shape index (κ2) is 9.35. The molecule has 1 atom stereocenters. The van der Waals surface area contributed by atoms with E-state index in [1.165, 1.54) is 17.6 Å². The van der Waals surface area contributed by atoms with E-state index >= 15 is 0 Å². The lowest BCUT2D eigenvalue weighted by Gasteiger charge is -2.28. The van der Waals surface area contributed by atoms with Crippen LogP contribution in [0.5, 0.6) is 0 Å². The molecule has 0 aliphatic carbocycles. The van der Waals surface area contributed by atoms with Gasteiger partial charge in [0.15, 0.2) is 5.82 Å². The van der Waals surface area contributed by atoms with E-state index in [9.17, 15) is 4.79 Å². The summed E-state index contributed by atoms with van der Waals surface area (Å²) < 4.78 is 1.88. The Morgan fingerprint density at radius 3 is 2.57 bits per heavy atom. The molecule has 1 unspecified atom stereocenters. The molecule has 0 bridgehead atoms. The maximum atomic E-state index is 12.7. The minimum absolute atomic E-state index is 0.259. The van der Waals surface area contributed by atoms with E-state index in [-0.39, 0.29) is 5.91 Å². The molecule has 2 aliphatic rings. The molecule has 2 aliphatic heterocycles. The van der Waals surface area contributed by atoms with Crippen LogP contribution in [0.4, 0.5) is 0 Å². The average molecular weight is 426 g/mol. The van der Waals surface area contributed by atoms with Crippen molar-refractivity contribution in [3.8, 4) is 11.4 Å². The Morgan fingerprint density at radius 2 is 1.97 bits per heavy atom. The molecule has 0 saturated carbocycles. The van der Waals surface area contributed by atoms with Gasteiger partial charge in [-0.05, 0) is 50.6 Å². The number of benzene rings is 1. The van der Waals surface area contributed by atoms with Crippen molar-refractivity contribution in [2.45, 2.75) is 38.0 Å². The van der Waals surface area contributed by atoms with E-state index in [0.717, 1.165) is 37.4 Å². The molecule has 4 rings (SSSR count). The number of amides is 1. The molecule has 160 valence electrons. The SMILES string of the molecule is CSC1CCN(CC(=O)N2CC=C(c3ccc(-c4ncn(C(C)C)n4)cc3)CC2)C1. The molecule has 0 spiro atoms. The predicted molar refractivity (Wildman–Crippen MR) is 123 cm³/mol. The number of rotatable bonds is 6.